The van der Waals surface area contributed by atoms with Crippen LogP contribution in [0.5, 0.6) is 5.75 Å². The number of ether oxygens (including phenoxy) is 1. The zero-order valence-electron chi connectivity index (χ0n) is 10.7. The van der Waals surface area contributed by atoms with Gasteiger partial charge in [0.25, 0.3) is 0 Å². The van der Waals surface area contributed by atoms with E-state index >= 15 is 0 Å². The molecule has 0 aliphatic carbocycles. The van der Waals surface area contributed by atoms with Crippen LogP contribution in [0.15, 0.2) is 29.2 Å². The summed E-state index contributed by atoms with van der Waals surface area (Å²) in [4.78, 5) is 26.5. The number of rotatable bonds is 3. The number of anilines is 1. The number of carbonyl (C=O) groups is 1. The molecule has 7 nitrogen and oxygen atoms in total. The zero-order valence-corrected chi connectivity index (χ0v) is 10.7. The number of aromatic amines is 1. The van der Waals surface area contributed by atoms with E-state index in [4.69, 9.17) is 10.00 Å². The Kier molecular flexibility index (Phi) is 3.86. The molecule has 0 fully saturated rings. The number of hydrogen-bond donors (Lipinski definition) is 3. The highest BCUT2D eigenvalue weighted by molar-refractivity contribution is 5.92. The predicted octanol–water partition coefficient (Wildman–Crippen LogP) is 1.18. The van der Waals surface area contributed by atoms with Crippen molar-refractivity contribution in [2.45, 2.75) is 0 Å². The van der Waals surface area contributed by atoms with Gasteiger partial charge in [-0.1, -0.05) is 0 Å². The van der Waals surface area contributed by atoms with Crippen LogP contribution in [-0.2, 0) is 0 Å². The molecule has 0 atom stereocenters. The van der Waals surface area contributed by atoms with E-state index in [-0.39, 0.29) is 17.7 Å². The molecular weight excluding hydrogens is 260 g/mol. The molecule has 0 aliphatic rings. The van der Waals surface area contributed by atoms with Gasteiger partial charge in [-0.3, -0.25) is 4.79 Å². The molecule has 1 heterocycles. The number of benzene rings is 1. The van der Waals surface area contributed by atoms with Crippen LogP contribution in [0.4, 0.5) is 10.5 Å². The molecule has 2 amide bonds. The van der Waals surface area contributed by atoms with Crippen molar-refractivity contribution in [1.29, 1.82) is 5.26 Å². The molecular formula is C13H12N4O3. The molecule has 1 aromatic carbocycles. The van der Waals surface area contributed by atoms with Crippen molar-refractivity contribution >= 4 is 22.6 Å². The fourth-order valence-electron chi connectivity index (χ4n) is 1.71. The molecule has 2 aromatic rings. The number of hydrogen-bond acceptors (Lipinski definition) is 4. The second-order valence-electron chi connectivity index (χ2n) is 3.91. The second kappa shape index (κ2) is 5.75. The summed E-state index contributed by atoms with van der Waals surface area (Å²) < 4.78 is 5.07. The number of carbonyl (C=O) groups excluding carboxylic acids is 1. The average molecular weight is 272 g/mol. The summed E-state index contributed by atoms with van der Waals surface area (Å²) in [5.74, 6) is 0.626. The SMILES string of the molecule is COc1ccc2c(=O)c(NC(=O)NCC#N)c[nH]c2c1. The first-order valence-electron chi connectivity index (χ1n) is 5.77. The summed E-state index contributed by atoms with van der Waals surface area (Å²) >= 11 is 0. The third-order valence-electron chi connectivity index (χ3n) is 2.66. The van der Waals surface area contributed by atoms with Crippen molar-refractivity contribution in [3.63, 3.8) is 0 Å². The highest BCUT2D eigenvalue weighted by Crippen LogP contribution is 2.17. The first-order valence-corrected chi connectivity index (χ1v) is 5.77. The Labute approximate surface area is 114 Å². The lowest BCUT2D eigenvalue weighted by molar-refractivity contribution is 0.253. The minimum atomic E-state index is -0.607. The lowest BCUT2D eigenvalue weighted by atomic mass is 10.2. The van der Waals surface area contributed by atoms with Gasteiger partial charge in [-0.15, -0.1) is 0 Å². The Balaban J connectivity index is 2.33. The third kappa shape index (κ3) is 2.70. The number of nitriles is 1. The van der Waals surface area contributed by atoms with Crippen LogP contribution < -0.4 is 20.8 Å². The molecule has 102 valence electrons. The average Bonchev–Trinajstić information content (AvgIpc) is 2.47. The standard InChI is InChI=1S/C13H12N4O3/c1-20-8-2-3-9-10(6-8)16-7-11(12(9)18)17-13(19)15-5-4-14/h2-3,6-7H,5H2,1H3,(H,16,18)(H2,15,17,19). The van der Waals surface area contributed by atoms with Gasteiger partial charge in [-0.05, 0) is 12.1 Å². The van der Waals surface area contributed by atoms with Crippen molar-refractivity contribution in [1.82, 2.24) is 10.3 Å². The van der Waals surface area contributed by atoms with Crippen molar-refractivity contribution in [2.24, 2.45) is 0 Å². The number of pyridine rings is 1. The minimum Gasteiger partial charge on any atom is -0.497 e. The van der Waals surface area contributed by atoms with Crippen molar-refractivity contribution in [3.05, 3.63) is 34.6 Å². The smallest absolute Gasteiger partial charge is 0.320 e. The summed E-state index contributed by atoms with van der Waals surface area (Å²) in [6.07, 6.45) is 1.40. The number of methoxy groups -OCH3 is 1. The van der Waals surface area contributed by atoms with E-state index in [0.717, 1.165) is 0 Å². The molecule has 0 saturated heterocycles. The molecule has 0 unspecified atom stereocenters. The first kappa shape index (κ1) is 13.4. The molecule has 3 N–H and O–H groups in total. The normalized spacial score (nSPS) is 9.80. The molecule has 1 aromatic heterocycles. The van der Waals surface area contributed by atoms with Crippen molar-refractivity contribution in [2.75, 3.05) is 19.0 Å². The van der Waals surface area contributed by atoms with Gasteiger partial charge in [0.05, 0.1) is 18.7 Å². The predicted molar refractivity (Wildman–Crippen MR) is 73.8 cm³/mol. The minimum absolute atomic E-state index is 0.109. The molecule has 7 heteroatoms. The largest absolute Gasteiger partial charge is 0.497 e. The van der Waals surface area contributed by atoms with E-state index in [1.807, 2.05) is 0 Å². The van der Waals surface area contributed by atoms with Crippen LogP contribution >= 0.6 is 0 Å². The van der Waals surface area contributed by atoms with Crippen LogP contribution in [0, 0.1) is 11.3 Å². The molecule has 0 bridgehead atoms. The van der Waals surface area contributed by atoms with E-state index in [2.05, 4.69) is 15.6 Å². The van der Waals surface area contributed by atoms with Crippen LogP contribution in [0.2, 0.25) is 0 Å². The Morgan fingerprint density at radius 2 is 2.30 bits per heavy atom. The van der Waals surface area contributed by atoms with E-state index in [1.165, 1.54) is 13.3 Å². The number of amides is 2. The Bertz CT molecular complexity index is 745. The summed E-state index contributed by atoms with van der Waals surface area (Å²) in [6, 6.07) is 6.13. The van der Waals surface area contributed by atoms with Gasteiger partial charge in [0.15, 0.2) is 0 Å². The zero-order chi connectivity index (χ0) is 14.5. The van der Waals surface area contributed by atoms with Gasteiger partial charge in [0.2, 0.25) is 5.43 Å². The maximum Gasteiger partial charge on any atom is 0.320 e. The van der Waals surface area contributed by atoms with Crippen molar-refractivity contribution < 1.29 is 9.53 Å². The lowest BCUT2D eigenvalue weighted by Gasteiger charge is -2.07. The maximum absolute atomic E-state index is 12.2. The highest BCUT2D eigenvalue weighted by atomic mass is 16.5. The van der Waals surface area contributed by atoms with Gasteiger partial charge in [0, 0.05) is 17.6 Å². The number of nitrogens with one attached hydrogen (secondary N) is 3. The number of H-pyrrole nitrogens is 1. The summed E-state index contributed by atoms with van der Waals surface area (Å²) in [5, 5.41) is 13.5. The van der Waals surface area contributed by atoms with Crippen LogP contribution in [0.3, 0.4) is 0 Å². The number of fused-ring (bicyclic) bond motifs is 1. The van der Waals surface area contributed by atoms with Crippen LogP contribution in [-0.4, -0.2) is 24.7 Å². The third-order valence-corrected chi connectivity index (χ3v) is 2.66. The monoisotopic (exact) mass is 272 g/mol. The number of nitrogens with zero attached hydrogens (tertiary/aromatic N) is 1. The lowest BCUT2D eigenvalue weighted by Crippen LogP contribution is -2.31. The fraction of sp³-hybridized carbons (Fsp3) is 0.154. The van der Waals surface area contributed by atoms with E-state index in [1.54, 1.807) is 24.3 Å². The number of aromatic nitrogens is 1. The first-order chi connectivity index (χ1) is 9.65. The fourth-order valence-corrected chi connectivity index (χ4v) is 1.71. The van der Waals surface area contributed by atoms with Crippen LogP contribution in [0.25, 0.3) is 10.9 Å². The number of urea groups is 1. The topological polar surface area (TPSA) is 107 Å². The van der Waals surface area contributed by atoms with Crippen molar-refractivity contribution in [3.8, 4) is 11.8 Å². The molecule has 0 aliphatic heterocycles. The highest BCUT2D eigenvalue weighted by Gasteiger charge is 2.08. The van der Waals surface area contributed by atoms with Gasteiger partial charge in [-0.2, -0.15) is 5.26 Å². The Morgan fingerprint density at radius 1 is 1.50 bits per heavy atom. The summed E-state index contributed by atoms with van der Waals surface area (Å²) in [6.45, 7) is -0.130. The molecule has 0 saturated carbocycles. The quantitative estimate of drug-likeness (QED) is 0.729. The Hall–Kier alpha value is -3.01. The second-order valence-corrected chi connectivity index (χ2v) is 3.91. The van der Waals surface area contributed by atoms with Gasteiger partial charge in [0.1, 0.15) is 18.0 Å². The maximum atomic E-state index is 12.2. The molecule has 2 rings (SSSR count). The molecule has 0 spiro atoms. The summed E-state index contributed by atoms with van der Waals surface area (Å²) in [5.41, 5.74) is 0.406. The van der Waals surface area contributed by atoms with E-state index < -0.39 is 6.03 Å². The van der Waals surface area contributed by atoms with Gasteiger partial charge >= 0.3 is 6.03 Å². The van der Waals surface area contributed by atoms with E-state index in [9.17, 15) is 9.59 Å². The van der Waals surface area contributed by atoms with Gasteiger partial charge < -0.3 is 20.4 Å². The van der Waals surface area contributed by atoms with Gasteiger partial charge in [-0.25, -0.2) is 4.79 Å². The molecule has 20 heavy (non-hydrogen) atoms. The summed E-state index contributed by atoms with van der Waals surface area (Å²) in [7, 11) is 1.54. The van der Waals surface area contributed by atoms with Crippen LogP contribution in [0.1, 0.15) is 0 Å². The Morgan fingerprint density at radius 3 is 3.00 bits per heavy atom. The molecule has 0 radical (unpaired) electrons. The van der Waals surface area contributed by atoms with E-state index in [0.29, 0.717) is 16.7 Å².